The van der Waals surface area contributed by atoms with Crippen molar-refractivity contribution >= 4 is 32.9 Å². The van der Waals surface area contributed by atoms with E-state index < -0.39 is 17.2 Å². The molecule has 0 saturated heterocycles. The molecule has 0 radical (unpaired) electrons. The number of carboxylic acid groups (broad SMARTS) is 1. The highest BCUT2D eigenvalue weighted by atomic mass is 79.9. The molecule has 1 aromatic heterocycles. The number of halogens is 1. The van der Waals surface area contributed by atoms with Crippen molar-refractivity contribution < 1.29 is 19.1 Å². The fourth-order valence-electron chi connectivity index (χ4n) is 1.43. The van der Waals surface area contributed by atoms with Crippen LogP contribution in [0.25, 0.3) is 11.0 Å². The number of rotatable bonds is 2. The van der Waals surface area contributed by atoms with E-state index in [2.05, 4.69) is 15.9 Å². The van der Waals surface area contributed by atoms with Gasteiger partial charge >= 0.3 is 11.6 Å². The van der Waals surface area contributed by atoms with Gasteiger partial charge in [-0.2, -0.15) is 0 Å². The van der Waals surface area contributed by atoms with Crippen LogP contribution in [0.1, 0.15) is 10.4 Å². The smallest absolute Gasteiger partial charge is 0.351 e. The summed E-state index contributed by atoms with van der Waals surface area (Å²) in [6, 6.07) is 4.42. The van der Waals surface area contributed by atoms with E-state index >= 15 is 0 Å². The average Bonchev–Trinajstić information content (AvgIpc) is 2.27. The molecule has 0 aliphatic rings. The Bertz CT molecular complexity index is 659. The number of hydrogen-bond donors (Lipinski definition) is 1. The Labute approximate surface area is 104 Å². The number of aromatic carboxylic acids is 1. The zero-order chi connectivity index (χ0) is 12.6. The van der Waals surface area contributed by atoms with Crippen LogP contribution in [0, 0.1) is 0 Å². The molecule has 6 heteroatoms. The minimum Gasteiger partial charge on any atom is -0.495 e. The molecule has 2 aromatic rings. The zero-order valence-corrected chi connectivity index (χ0v) is 10.3. The summed E-state index contributed by atoms with van der Waals surface area (Å²) in [4.78, 5) is 22.1. The molecule has 1 heterocycles. The van der Waals surface area contributed by atoms with Gasteiger partial charge in [-0.25, -0.2) is 9.59 Å². The van der Waals surface area contributed by atoms with Crippen molar-refractivity contribution in [2.24, 2.45) is 0 Å². The maximum Gasteiger partial charge on any atom is 0.351 e. The predicted octanol–water partition coefficient (Wildman–Crippen LogP) is 2.26. The molecule has 0 fully saturated rings. The molecular weight excluding hydrogens is 292 g/mol. The highest BCUT2D eigenvalue weighted by molar-refractivity contribution is 9.10. The van der Waals surface area contributed by atoms with Crippen LogP contribution in [0.3, 0.4) is 0 Å². The normalized spacial score (nSPS) is 10.5. The second-order valence-corrected chi connectivity index (χ2v) is 4.13. The molecule has 17 heavy (non-hydrogen) atoms. The summed E-state index contributed by atoms with van der Waals surface area (Å²) in [5.74, 6) is -0.809. The quantitative estimate of drug-likeness (QED) is 0.861. The van der Waals surface area contributed by atoms with Gasteiger partial charge < -0.3 is 14.3 Å². The van der Waals surface area contributed by atoms with Gasteiger partial charge in [-0.15, -0.1) is 0 Å². The van der Waals surface area contributed by atoms with Gasteiger partial charge in [-0.3, -0.25) is 0 Å². The van der Waals surface area contributed by atoms with Gasteiger partial charge in [-0.05, 0) is 28.1 Å². The molecule has 88 valence electrons. The molecule has 2 rings (SSSR count). The van der Waals surface area contributed by atoms with Crippen molar-refractivity contribution in [2.45, 2.75) is 0 Å². The topological polar surface area (TPSA) is 76.7 Å². The van der Waals surface area contributed by atoms with E-state index in [0.717, 1.165) is 0 Å². The monoisotopic (exact) mass is 298 g/mol. The number of fused-ring (bicyclic) bond motifs is 1. The Morgan fingerprint density at radius 2 is 2.12 bits per heavy atom. The first kappa shape index (κ1) is 11.7. The Morgan fingerprint density at radius 3 is 2.71 bits per heavy atom. The predicted molar refractivity (Wildman–Crippen MR) is 63.7 cm³/mol. The third-order valence-electron chi connectivity index (χ3n) is 2.24. The van der Waals surface area contributed by atoms with Gasteiger partial charge in [0.25, 0.3) is 0 Å². The van der Waals surface area contributed by atoms with Crippen LogP contribution < -0.4 is 10.4 Å². The van der Waals surface area contributed by atoms with Gasteiger partial charge in [0.2, 0.25) is 0 Å². The molecule has 5 nitrogen and oxygen atoms in total. The maximum absolute atomic E-state index is 11.4. The second-order valence-electron chi connectivity index (χ2n) is 3.28. The molecule has 1 N–H and O–H groups in total. The highest BCUT2D eigenvalue weighted by Gasteiger charge is 2.13. The zero-order valence-electron chi connectivity index (χ0n) is 8.69. The molecular formula is C11H7BrO5. The minimum absolute atomic E-state index is 0.278. The van der Waals surface area contributed by atoms with Gasteiger partial charge in [0.05, 0.1) is 11.6 Å². The fourth-order valence-corrected chi connectivity index (χ4v) is 1.95. The largest absolute Gasteiger partial charge is 0.495 e. The van der Waals surface area contributed by atoms with Gasteiger partial charge in [-0.1, -0.05) is 0 Å². The first-order valence-electron chi connectivity index (χ1n) is 4.57. The van der Waals surface area contributed by atoms with Crippen LogP contribution in [-0.2, 0) is 0 Å². The number of methoxy groups -OCH3 is 1. The summed E-state index contributed by atoms with van der Waals surface area (Å²) < 4.78 is 10.6. The van der Waals surface area contributed by atoms with E-state index in [1.165, 1.54) is 19.2 Å². The fraction of sp³-hybridized carbons (Fsp3) is 0.0909. The summed E-state index contributed by atoms with van der Waals surface area (Å²) in [6.45, 7) is 0. The molecule has 0 amide bonds. The van der Waals surface area contributed by atoms with Crippen LogP contribution in [0.5, 0.6) is 5.75 Å². The summed E-state index contributed by atoms with van der Waals surface area (Å²) >= 11 is 3.27. The molecule has 0 unspecified atom stereocenters. The lowest BCUT2D eigenvalue weighted by Crippen LogP contribution is -2.12. The number of carbonyl (C=O) groups is 1. The third-order valence-corrected chi connectivity index (χ3v) is 2.86. The van der Waals surface area contributed by atoms with E-state index in [1.54, 1.807) is 6.07 Å². The van der Waals surface area contributed by atoms with Crippen molar-refractivity contribution in [1.29, 1.82) is 0 Å². The number of ether oxygens (including phenoxy) is 1. The lowest BCUT2D eigenvalue weighted by atomic mass is 10.2. The molecule has 0 aliphatic carbocycles. The lowest BCUT2D eigenvalue weighted by molar-refractivity contribution is 0.0692. The lowest BCUT2D eigenvalue weighted by Gasteiger charge is -2.04. The van der Waals surface area contributed by atoms with Crippen molar-refractivity contribution in [1.82, 2.24) is 0 Å². The molecule has 0 saturated carbocycles. The molecule has 0 bridgehead atoms. The van der Waals surface area contributed by atoms with Crippen LogP contribution in [0.2, 0.25) is 0 Å². The van der Waals surface area contributed by atoms with E-state index in [0.29, 0.717) is 15.6 Å². The summed E-state index contributed by atoms with van der Waals surface area (Å²) in [5.41, 5.74) is -0.996. The number of carboxylic acids is 1. The molecule has 0 spiro atoms. The Kier molecular flexibility index (Phi) is 2.89. The third kappa shape index (κ3) is 2.03. The van der Waals surface area contributed by atoms with Gasteiger partial charge in [0, 0.05) is 11.5 Å². The minimum atomic E-state index is -1.31. The van der Waals surface area contributed by atoms with Crippen LogP contribution >= 0.6 is 15.9 Å². The molecule has 0 atom stereocenters. The summed E-state index contributed by atoms with van der Waals surface area (Å²) in [6.07, 6.45) is 0. The first-order valence-corrected chi connectivity index (χ1v) is 5.37. The first-order chi connectivity index (χ1) is 8.02. The SMILES string of the molecule is COc1cc2oc(=O)c(C(=O)O)cc2cc1Br. The number of benzene rings is 1. The van der Waals surface area contributed by atoms with Crippen LogP contribution in [0.15, 0.2) is 31.9 Å². The van der Waals surface area contributed by atoms with Gasteiger partial charge in [0.1, 0.15) is 16.9 Å². The van der Waals surface area contributed by atoms with E-state index in [-0.39, 0.29) is 5.58 Å². The van der Waals surface area contributed by atoms with Crippen molar-refractivity contribution in [3.8, 4) is 5.75 Å². The van der Waals surface area contributed by atoms with E-state index in [4.69, 9.17) is 14.3 Å². The maximum atomic E-state index is 11.4. The van der Waals surface area contributed by atoms with Gasteiger partial charge in [0.15, 0.2) is 0 Å². The number of hydrogen-bond acceptors (Lipinski definition) is 4. The van der Waals surface area contributed by atoms with E-state index in [1.807, 2.05) is 0 Å². The summed E-state index contributed by atoms with van der Waals surface area (Å²) in [5, 5.41) is 9.31. The van der Waals surface area contributed by atoms with Crippen molar-refractivity contribution in [2.75, 3.05) is 7.11 Å². The van der Waals surface area contributed by atoms with Crippen molar-refractivity contribution in [3.05, 3.63) is 38.7 Å². The average molecular weight is 299 g/mol. The van der Waals surface area contributed by atoms with E-state index in [9.17, 15) is 9.59 Å². The van der Waals surface area contributed by atoms with Crippen LogP contribution in [-0.4, -0.2) is 18.2 Å². The standard InChI is InChI=1S/C11H7BrO5/c1-16-9-4-8-5(3-7(9)12)2-6(10(13)14)11(15)17-8/h2-4H,1H3,(H,13,14). The Hall–Kier alpha value is -1.82. The highest BCUT2D eigenvalue weighted by Crippen LogP contribution is 2.29. The molecule has 0 aliphatic heterocycles. The van der Waals surface area contributed by atoms with Crippen molar-refractivity contribution in [3.63, 3.8) is 0 Å². The second kappa shape index (κ2) is 4.21. The summed E-state index contributed by atoms with van der Waals surface area (Å²) in [7, 11) is 1.48. The Morgan fingerprint density at radius 1 is 1.41 bits per heavy atom. The Balaban J connectivity index is 2.79. The molecule has 1 aromatic carbocycles. The van der Waals surface area contributed by atoms with Crippen LogP contribution in [0.4, 0.5) is 0 Å².